The highest BCUT2D eigenvalue weighted by Gasteiger charge is 2.31. The number of imidazole rings is 1. The van der Waals surface area contributed by atoms with Crippen LogP contribution in [0.1, 0.15) is 22.9 Å². The summed E-state index contributed by atoms with van der Waals surface area (Å²) in [6.07, 6.45) is 2.19. The van der Waals surface area contributed by atoms with Crippen LogP contribution in [0, 0.1) is 0 Å². The minimum Gasteiger partial charge on any atom is -0.310 e. The number of hydrogen-bond acceptors (Lipinski definition) is 3. The fourth-order valence-corrected chi connectivity index (χ4v) is 3.69. The lowest BCUT2D eigenvalue weighted by Crippen LogP contribution is -2.24. The number of nitrogens with one attached hydrogen (secondary N) is 1. The molecule has 0 fully saturated rings. The second kappa shape index (κ2) is 5.26. The van der Waals surface area contributed by atoms with Crippen molar-refractivity contribution in [2.75, 3.05) is 5.32 Å². The van der Waals surface area contributed by atoms with Gasteiger partial charge in [-0.2, -0.15) is 0 Å². The molecule has 6 heteroatoms. The number of anilines is 1. The first-order valence-electron chi connectivity index (χ1n) is 6.89. The second-order valence-electron chi connectivity index (χ2n) is 5.15. The molecule has 1 aliphatic rings. The molecular weight excluding hydrogens is 318 g/mol. The molecule has 4 nitrogen and oxygen atoms in total. The molecule has 0 saturated heterocycles. The second-order valence-corrected chi connectivity index (χ2v) is 6.56. The minimum absolute atomic E-state index is 0.0154. The van der Waals surface area contributed by atoms with Gasteiger partial charge in [-0.25, -0.2) is 4.98 Å². The quantitative estimate of drug-likeness (QED) is 0.770. The van der Waals surface area contributed by atoms with Crippen LogP contribution in [-0.2, 0) is 4.79 Å². The van der Waals surface area contributed by atoms with E-state index in [0.29, 0.717) is 11.4 Å². The summed E-state index contributed by atoms with van der Waals surface area (Å²) in [7, 11) is 0. The molecule has 0 radical (unpaired) electrons. The number of hydrogen-bond donors (Lipinski definition) is 1. The number of aromatic nitrogens is 2. The van der Waals surface area contributed by atoms with Crippen molar-refractivity contribution in [3.05, 3.63) is 63.7 Å². The summed E-state index contributed by atoms with van der Waals surface area (Å²) in [5, 5.41) is 5.65. The van der Waals surface area contributed by atoms with Gasteiger partial charge in [0.1, 0.15) is 12.1 Å². The minimum atomic E-state index is 0.0154. The first-order valence-corrected chi connectivity index (χ1v) is 8.14. The lowest BCUT2D eigenvalue weighted by molar-refractivity contribution is -0.116. The number of benzene rings is 1. The first-order chi connectivity index (χ1) is 10.7. The van der Waals surface area contributed by atoms with E-state index in [9.17, 15) is 4.79 Å². The Balaban J connectivity index is 1.82. The van der Waals surface area contributed by atoms with Crippen molar-refractivity contribution in [3.63, 3.8) is 0 Å². The third-order valence-corrected chi connectivity index (χ3v) is 5.00. The van der Waals surface area contributed by atoms with Crippen molar-refractivity contribution in [2.24, 2.45) is 0 Å². The molecule has 1 aromatic carbocycles. The van der Waals surface area contributed by atoms with E-state index in [-0.39, 0.29) is 11.8 Å². The van der Waals surface area contributed by atoms with Gasteiger partial charge in [0.25, 0.3) is 0 Å². The first kappa shape index (κ1) is 13.5. The highest BCUT2D eigenvalue weighted by atomic mass is 35.5. The van der Waals surface area contributed by atoms with Gasteiger partial charge in [0.15, 0.2) is 0 Å². The van der Waals surface area contributed by atoms with Gasteiger partial charge >= 0.3 is 0 Å². The number of halogens is 1. The Hall–Kier alpha value is -2.11. The van der Waals surface area contributed by atoms with E-state index in [1.807, 2.05) is 40.3 Å². The largest absolute Gasteiger partial charge is 0.310 e. The Bertz CT molecular complexity index is 824. The molecule has 1 N–H and O–H groups in total. The normalized spacial score (nSPS) is 17.1. The summed E-state index contributed by atoms with van der Waals surface area (Å²) < 4.78 is 1.89. The third-order valence-electron chi connectivity index (χ3n) is 3.76. The molecule has 1 atom stereocenters. The summed E-state index contributed by atoms with van der Waals surface area (Å²) in [4.78, 5) is 17.8. The number of amides is 1. The van der Waals surface area contributed by atoms with Crippen molar-refractivity contribution < 1.29 is 4.79 Å². The Kier molecular flexibility index (Phi) is 3.24. The molecule has 22 heavy (non-hydrogen) atoms. The van der Waals surface area contributed by atoms with Gasteiger partial charge in [0, 0.05) is 27.9 Å². The van der Waals surface area contributed by atoms with Crippen LogP contribution in [0.2, 0.25) is 5.02 Å². The third kappa shape index (κ3) is 2.23. The van der Waals surface area contributed by atoms with Crippen LogP contribution in [0.3, 0.4) is 0 Å². The van der Waals surface area contributed by atoms with Crippen LogP contribution in [0.25, 0.3) is 5.69 Å². The lowest BCUT2D eigenvalue weighted by Gasteiger charge is -2.22. The predicted octanol–water partition coefficient (Wildman–Crippen LogP) is 4.06. The highest BCUT2D eigenvalue weighted by molar-refractivity contribution is 7.10. The Morgan fingerprint density at radius 3 is 2.82 bits per heavy atom. The van der Waals surface area contributed by atoms with E-state index < -0.39 is 0 Å². The van der Waals surface area contributed by atoms with Gasteiger partial charge < -0.3 is 5.32 Å². The van der Waals surface area contributed by atoms with Gasteiger partial charge in [-0.1, -0.05) is 17.7 Å². The van der Waals surface area contributed by atoms with Crippen molar-refractivity contribution in [2.45, 2.75) is 12.3 Å². The summed E-state index contributed by atoms with van der Waals surface area (Å²) in [5.74, 6) is 0.788. The zero-order valence-electron chi connectivity index (χ0n) is 11.5. The van der Waals surface area contributed by atoms with Gasteiger partial charge in [-0.05, 0) is 35.7 Å². The van der Waals surface area contributed by atoms with Gasteiger partial charge in [0.05, 0.1) is 5.69 Å². The number of nitrogens with zero attached hydrogens (tertiary/aromatic N) is 2. The number of carbonyl (C=O) groups excluding carboxylic acids is 1. The van der Waals surface area contributed by atoms with Crippen molar-refractivity contribution in [3.8, 4) is 5.69 Å². The molecule has 0 spiro atoms. The summed E-state index contributed by atoms with van der Waals surface area (Å²) in [5.41, 5.74) is 1.84. The molecule has 0 saturated carbocycles. The fourth-order valence-electron chi connectivity index (χ4n) is 2.73. The van der Waals surface area contributed by atoms with E-state index in [4.69, 9.17) is 11.6 Å². The standard InChI is InChI=1S/C16H12ClN3OS/c17-10-3-5-11(6-4-10)20-9-18-15-12(13-2-1-7-22-13)8-14(21)19-16(15)20/h1-7,9,12H,8H2,(H,19,21). The maximum atomic E-state index is 12.1. The van der Waals surface area contributed by atoms with Gasteiger partial charge in [0.2, 0.25) is 5.91 Å². The molecule has 4 rings (SSSR count). The highest BCUT2D eigenvalue weighted by Crippen LogP contribution is 2.38. The monoisotopic (exact) mass is 329 g/mol. The molecule has 0 bridgehead atoms. The van der Waals surface area contributed by atoms with E-state index in [1.54, 1.807) is 17.7 Å². The number of carbonyl (C=O) groups is 1. The van der Waals surface area contributed by atoms with Crippen LogP contribution in [0.4, 0.5) is 5.82 Å². The molecule has 0 aliphatic carbocycles. The fraction of sp³-hybridized carbons (Fsp3) is 0.125. The number of thiophene rings is 1. The van der Waals surface area contributed by atoms with Crippen molar-refractivity contribution in [1.82, 2.24) is 9.55 Å². The maximum Gasteiger partial charge on any atom is 0.226 e. The zero-order chi connectivity index (χ0) is 15.1. The topological polar surface area (TPSA) is 46.9 Å². The average Bonchev–Trinajstić information content (AvgIpc) is 3.16. The van der Waals surface area contributed by atoms with Crippen molar-refractivity contribution >= 4 is 34.7 Å². The SMILES string of the molecule is O=C1CC(c2cccs2)c2ncn(-c3ccc(Cl)cc3)c2N1. The molecule has 1 aliphatic heterocycles. The van der Waals surface area contributed by atoms with E-state index in [1.165, 1.54) is 0 Å². The van der Waals surface area contributed by atoms with Crippen LogP contribution >= 0.6 is 22.9 Å². The van der Waals surface area contributed by atoms with Crippen LogP contribution in [0.15, 0.2) is 48.1 Å². The summed E-state index contributed by atoms with van der Waals surface area (Å²) >= 11 is 7.59. The molecular formula is C16H12ClN3OS. The van der Waals surface area contributed by atoms with Gasteiger partial charge in [-0.15, -0.1) is 11.3 Å². The van der Waals surface area contributed by atoms with E-state index >= 15 is 0 Å². The van der Waals surface area contributed by atoms with Crippen molar-refractivity contribution in [1.29, 1.82) is 0 Å². The molecule has 3 heterocycles. The van der Waals surface area contributed by atoms with Gasteiger partial charge in [-0.3, -0.25) is 9.36 Å². The molecule has 2 aromatic heterocycles. The number of fused-ring (bicyclic) bond motifs is 1. The molecule has 1 unspecified atom stereocenters. The summed E-state index contributed by atoms with van der Waals surface area (Å²) in [6.45, 7) is 0. The zero-order valence-corrected chi connectivity index (χ0v) is 13.1. The summed E-state index contributed by atoms with van der Waals surface area (Å²) in [6, 6.07) is 11.5. The lowest BCUT2D eigenvalue weighted by atomic mass is 9.96. The molecule has 1 amide bonds. The molecule has 110 valence electrons. The average molecular weight is 330 g/mol. The molecule has 3 aromatic rings. The maximum absolute atomic E-state index is 12.1. The van der Waals surface area contributed by atoms with Crippen LogP contribution < -0.4 is 5.32 Å². The Morgan fingerprint density at radius 1 is 1.27 bits per heavy atom. The predicted molar refractivity (Wildman–Crippen MR) is 88.0 cm³/mol. The number of rotatable bonds is 2. The Morgan fingerprint density at radius 2 is 2.09 bits per heavy atom. The Labute approximate surface area is 136 Å². The van der Waals surface area contributed by atoms with E-state index in [0.717, 1.165) is 22.1 Å². The van der Waals surface area contributed by atoms with Crippen LogP contribution in [-0.4, -0.2) is 15.5 Å². The smallest absolute Gasteiger partial charge is 0.226 e. The van der Waals surface area contributed by atoms with E-state index in [2.05, 4.69) is 16.4 Å². The van der Waals surface area contributed by atoms with Crippen LogP contribution in [0.5, 0.6) is 0 Å².